The van der Waals surface area contributed by atoms with Gasteiger partial charge in [0.2, 0.25) is 0 Å². The number of rotatable bonds is 2. The summed E-state index contributed by atoms with van der Waals surface area (Å²) in [5.41, 5.74) is 0.945. The predicted octanol–water partition coefficient (Wildman–Crippen LogP) is 1.05. The number of nitrogens with zero attached hydrogens (tertiary/aromatic N) is 1. The highest BCUT2D eigenvalue weighted by Crippen LogP contribution is 2.22. The Morgan fingerprint density at radius 1 is 1.38 bits per heavy atom. The molecule has 1 saturated heterocycles. The summed E-state index contributed by atoms with van der Waals surface area (Å²) in [6, 6.07) is 9.61. The van der Waals surface area contributed by atoms with E-state index in [1.54, 1.807) is 12.0 Å². The lowest BCUT2D eigenvalue weighted by Gasteiger charge is -2.37. The predicted molar refractivity (Wildman–Crippen MR) is 49.6 cm³/mol. The van der Waals surface area contributed by atoms with E-state index in [0.29, 0.717) is 6.54 Å². The van der Waals surface area contributed by atoms with Crippen LogP contribution in [0, 0.1) is 0 Å². The highest BCUT2D eigenvalue weighted by molar-refractivity contribution is 6.03. The summed E-state index contributed by atoms with van der Waals surface area (Å²) in [7, 11) is 1.56. The molecule has 1 atom stereocenters. The van der Waals surface area contributed by atoms with E-state index in [1.165, 1.54) is 0 Å². The maximum absolute atomic E-state index is 11.4. The summed E-state index contributed by atoms with van der Waals surface area (Å²) in [5, 5.41) is 0. The molecule has 0 saturated carbocycles. The SMILES string of the molecule is COC1CN(c2ccccc2)C1=O. The van der Waals surface area contributed by atoms with Gasteiger partial charge in [0.05, 0.1) is 6.54 Å². The lowest BCUT2D eigenvalue weighted by Crippen LogP contribution is -2.57. The number of hydrogen-bond donors (Lipinski definition) is 0. The molecule has 1 aliphatic heterocycles. The Kier molecular flexibility index (Phi) is 2.02. The second-order valence-electron chi connectivity index (χ2n) is 3.01. The Labute approximate surface area is 76.9 Å². The Hall–Kier alpha value is -1.35. The standard InChI is InChI=1S/C10H11NO2/c1-13-9-7-11(10(9)12)8-5-3-2-4-6-8/h2-6,9H,7H2,1H3. The topological polar surface area (TPSA) is 29.5 Å². The summed E-state index contributed by atoms with van der Waals surface area (Å²) in [4.78, 5) is 13.1. The van der Waals surface area contributed by atoms with Gasteiger partial charge < -0.3 is 9.64 Å². The van der Waals surface area contributed by atoms with Gasteiger partial charge >= 0.3 is 0 Å². The number of para-hydroxylation sites is 1. The summed E-state index contributed by atoms with van der Waals surface area (Å²) in [6.45, 7) is 0.666. The first kappa shape index (κ1) is 8.26. The average molecular weight is 177 g/mol. The van der Waals surface area contributed by atoms with Gasteiger partial charge in [0.25, 0.3) is 5.91 Å². The molecule has 1 fully saturated rings. The number of carbonyl (C=O) groups excluding carboxylic acids is 1. The smallest absolute Gasteiger partial charge is 0.258 e. The third kappa shape index (κ3) is 1.31. The third-order valence-electron chi connectivity index (χ3n) is 2.24. The number of carbonyl (C=O) groups is 1. The van der Waals surface area contributed by atoms with E-state index in [9.17, 15) is 4.79 Å². The van der Waals surface area contributed by atoms with Gasteiger partial charge in [-0.1, -0.05) is 18.2 Å². The van der Waals surface area contributed by atoms with E-state index >= 15 is 0 Å². The van der Waals surface area contributed by atoms with Crippen molar-refractivity contribution in [3.8, 4) is 0 Å². The molecule has 68 valence electrons. The minimum Gasteiger partial charge on any atom is -0.370 e. The number of hydrogen-bond acceptors (Lipinski definition) is 2. The van der Waals surface area contributed by atoms with Crippen LogP contribution in [0.15, 0.2) is 30.3 Å². The van der Waals surface area contributed by atoms with Crippen LogP contribution in [-0.2, 0) is 9.53 Å². The second-order valence-corrected chi connectivity index (χ2v) is 3.01. The quantitative estimate of drug-likeness (QED) is 0.632. The van der Waals surface area contributed by atoms with Gasteiger partial charge in [0.15, 0.2) is 6.10 Å². The average Bonchev–Trinajstić information content (AvgIpc) is 2.18. The van der Waals surface area contributed by atoms with Crippen LogP contribution in [0.1, 0.15) is 0 Å². The van der Waals surface area contributed by atoms with Crippen molar-refractivity contribution < 1.29 is 9.53 Å². The molecule has 3 heteroatoms. The van der Waals surface area contributed by atoms with Crippen LogP contribution in [0.5, 0.6) is 0 Å². The summed E-state index contributed by atoms with van der Waals surface area (Å²) in [6.07, 6.45) is -0.236. The Bertz CT molecular complexity index is 310. The number of β-lactam (4-membered cyclic amide) rings is 1. The molecule has 1 unspecified atom stereocenters. The van der Waals surface area contributed by atoms with Gasteiger partial charge in [-0.25, -0.2) is 0 Å². The van der Waals surface area contributed by atoms with Crippen LogP contribution in [0.4, 0.5) is 5.69 Å². The summed E-state index contributed by atoms with van der Waals surface area (Å²) >= 11 is 0. The van der Waals surface area contributed by atoms with Gasteiger partial charge in [0, 0.05) is 12.8 Å². The zero-order chi connectivity index (χ0) is 9.26. The Morgan fingerprint density at radius 3 is 2.62 bits per heavy atom. The van der Waals surface area contributed by atoms with Crippen molar-refractivity contribution in [2.75, 3.05) is 18.6 Å². The van der Waals surface area contributed by atoms with Crippen molar-refractivity contribution in [3.63, 3.8) is 0 Å². The highest BCUT2D eigenvalue weighted by atomic mass is 16.5. The van der Waals surface area contributed by atoms with Crippen LogP contribution in [0.2, 0.25) is 0 Å². The van der Waals surface area contributed by atoms with E-state index in [4.69, 9.17) is 4.74 Å². The minimum atomic E-state index is -0.236. The molecule has 1 aromatic carbocycles. The van der Waals surface area contributed by atoms with Crippen LogP contribution in [0.3, 0.4) is 0 Å². The normalized spacial score (nSPS) is 21.5. The zero-order valence-electron chi connectivity index (χ0n) is 7.43. The number of anilines is 1. The van der Waals surface area contributed by atoms with E-state index in [-0.39, 0.29) is 12.0 Å². The molecule has 1 aliphatic rings. The van der Waals surface area contributed by atoms with E-state index in [1.807, 2.05) is 30.3 Å². The van der Waals surface area contributed by atoms with Crippen molar-refractivity contribution in [1.82, 2.24) is 0 Å². The molecular formula is C10H11NO2. The first-order valence-corrected chi connectivity index (χ1v) is 4.22. The van der Waals surface area contributed by atoms with Crippen LogP contribution in [-0.4, -0.2) is 25.7 Å². The molecule has 1 aromatic rings. The van der Waals surface area contributed by atoms with E-state index in [0.717, 1.165) is 5.69 Å². The fraction of sp³-hybridized carbons (Fsp3) is 0.300. The van der Waals surface area contributed by atoms with Crippen LogP contribution in [0.25, 0.3) is 0 Å². The van der Waals surface area contributed by atoms with E-state index < -0.39 is 0 Å². The summed E-state index contributed by atoms with van der Waals surface area (Å²) < 4.78 is 4.96. The number of benzene rings is 1. The Morgan fingerprint density at radius 2 is 2.08 bits per heavy atom. The van der Waals surface area contributed by atoms with Gasteiger partial charge in [0.1, 0.15) is 0 Å². The van der Waals surface area contributed by atoms with Crippen molar-refractivity contribution in [3.05, 3.63) is 30.3 Å². The number of amides is 1. The molecule has 0 aromatic heterocycles. The van der Waals surface area contributed by atoms with Gasteiger partial charge in [-0.3, -0.25) is 4.79 Å². The minimum absolute atomic E-state index is 0.0497. The molecule has 1 heterocycles. The number of methoxy groups -OCH3 is 1. The molecule has 13 heavy (non-hydrogen) atoms. The first-order valence-electron chi connectivity index (χ1n) is 4.22. The first-order chi connectivity index (χ1) is 6.33. The molecule has 0 N–H and O–H groups in total. The lowest BCUT2D eigenvalue weighted by atomic mass is 10.1. The van der Waals surface area contributed by atoms with Gasteiger partial charge in [-0.2, -0.15) is 0 Å². The van der Waals surface area contributed by atoms with Gasteiger partial charge in [-0.15, -0.1) is 0 Å². The number of ether oxygens (including phenoxy) is 1. The van der Waals surface area contributed by atoms with E-state index in [2.05, 4.69) is 0 Å². The molecular weight excluding hydrogens is 166 g/mol. The summed E-state index contributed by atoms with van der Waals surface area (Å²) in [5.74, 6) is 0.0497. The lowest BCUT2D eigenvalue weighted by molar-refractivity contribution is -0.134. The van der Waals surface area contributed by atoms with Crippen molar-refractivity contribution in [1.29, 1.82) is 0 Å². The molecule has 0 radical (unpaired) electrons. The fourth-order valence-corrected chi connectivity index (χ4v) is 1.41. The molecule has 3 nitrogen and oxygen atoms in total. The van der Waals surface area contributed by atoms with Crippen LogP contribution < -0.4 is 4.90 Å². The maximum Gasteiger partial charge on any atom is 0.258 e. The van der Waals surface area contributed by atoms with Gasteiger partial charge in [-0.05, 0) is 12.1 Å². The van der Waals surface area contributed by atoms with Crippen LogP contribution >= 0.6 is 0 Å². The largest absolute Gasteiger partial charge is 0.370 e. The molecule has 2 rings (SSSR count). The molecule has 0 aliphatic carbocycles. The second kappa shape index (κ2) is 3.18. The molecule has 0 spiro atoms. The maximum atomic E-state index is 11.4. The monoisotopic (exact) mass is 177 g/mol. The Balaban J connectivity index is 2.10. The molecule has 1 amide bonds. The zero-order valence-corrected chi connectivity index (χ0v) is 7.43. The third-order valence-corrected chi connectivity index (χ3v) is 2.24. The van der Waals surface area contributed by atoms with Crippen molar-refractivity contribution in [2.45, 2.75) is 6.10 Å². The fourth-order valence-electron chi connectivity index (χ4n) is 1.41. The molecule has 0 bridgehead atoms. The highest BCUT2D eigenvalue weighted by Gasteiger charge is 2.37. The van der Waals surface area contributed by atoms with Crippen molar-refractivity contribution in [2.24, 2.45) is 0 Å². The van der Waals surface area contributed by atoms with Crippen molar-refractivity contribution >= 4 is 11.6 Å².